The molecular weight excluding hydrogens is 304 g/mol. The van der Waals surface area contributed by atoms with Crippen molar-refractivity contribution in [1.29, 1.82) is 0 Å². The molecule has 2 heterocycles. The van der Waals surface area contributed by atoms with Gasteiger partial charge in [-0.1, -0.05) is 5.16 Å². The summed E-state index contributed by atoms with van der Waals surface area (Å²) < 4.78 is 29.7. The molecule has 2 aromatic rings. The Morgan fingerprint density at radius 3 is 2.68 bits per heavy atom. The molecular formula is C14H20N4O3S. The predicted molar refractivity (Wildman–Crippen MR) is 80.8 cm³/mol. The van der Waals surface area contributed by atoms with Gasteiger partial charge in [-0.2, -0.15) is 4.98 Å². The lowest BCUT2D eigenvalue weighted by molar-refractivity contribution is 0.341. The second kappa shape index (κ2) is 5.85. The zero-order valence-electron chi connectivity index (χ0n) is 12.4. The van der Waals surface area contributed by atoms with Crippen molar-refractivity contribution in [1.82, 2.24) is 14.7 Å². The Morgan fingerprint density at radius 2 is 2.09 bits per heavy atom. The third-order valence-electron chi connectivity index (χ3n) is 3.86. The quantitative estimate of drug-likeness (QED) is 0.823. The minimum atomic E-state index is -3.05. The third kappa shape index (κ3) is 3.56. The smallest absolute Gasteiger partial charge is 0.243 e. The molecule has 0 spiro atoms. The number of aromatic nitrogens is 3. The van der Waals surface area contributed by atoms with Crippen molar-refractivity contribution in [2.75, 3.05) is 12.0 Å². The van der Waals surface area contributed by atoms with E-state index in [1.165, 1.54) is 6.26 Å². The van der Waals surface area contributed by atoms with Crippen LogP contribution in [0.25, 0.3) is 0 Å². The van der Waals surface area contributed by atoms with E-state index in [1.807, 2.05) is 24.5 Å². The van der Waals surface area contributed by atoms with E-state index in [2.05, 4.69) is 14.7 Å². The van der Waals surface area contributed by atoms with Gasteiger partial charge in [-0.15, -0.1) is 0 Å². The number of hydrogen-bond acceptors (Lipinski definition) is 6. The molecule has 2 N–H and O–H groups in total. The molecule has 0 aliphatic heterocycles. The molecule has 1 aliphatic carbocycles. The summed E-state index contributed by atoms with van der Waals surface area (Å²) in [4.78, 5) is 4.41. The minimum Gasteiger partial charge on any atom is -0.343 e. The molecule has 7 nitrogen and oxygen atoms in total. The molecule has 8 heteroatoms. The first-order valence-electron chi connectivity index (χ1n) is 7.33. The van der Waals surface area contributed by atoms with Gasteiger partial charge in [0.15, 0.2) is 5.82 Å². The van der Waals surface area contributed by atoms with Gasteiger partial charge in [0.05, 0.1) is 17.8 Å². The largest absolute Gasteiger partial charge is 0.343 e. The van der Waals surface area contributed by atoms with Gasteiger partial charge in [-0.25, -0.2) is 8.42 Å². The second-order valence-electron chi connectivity index (χ2n) is 5.93. The fourth-order valence-corrected chi connectivity index (χ4v) is 3.20. The molecule has 1 saturated carbocycles. The molecule has 0 bridgehead atoms. The lowest BCUT2D eigenvalue weighted by atomic mass is 10.1. The van der Waals surface area contributed by atoms with Gasteiger partial charge in [0.2, 0.25) is 5.89 Å². The normalized spacial score (nSPS) is 18.3. The molecule has 0 saturated heterocycles. The van der Waals surface area contributed by atoms with Crippen LogP contribution in [-0.2, 0) is 9.84 Å². The van der Waals surface area contributed by atoms with Crippen LogP contribution in [0.15, 0.2) is 29.0 Å². The van der Waals surface area contributed by atoms with Crippen molar-refractivity contribution in [2.45, 2.75) is 31.3 Å². The number of nitrogens with two attached hydrogens (primary N) is 1. The Balaban J connectivity index is 1.75. The minimum absolute atomic E-state index is 0.00946. The van der Waals surface area contributed by atoms with E-state index in [-0.39, 0.29) is 18.2 Å². The number of hydrogen-bond donors (Lipinski definition) is 1. The lowest BCUT2D eigenvalue weighted by Crippen LogP contribution is -2.17. The van der Waals surface area contributed by atoms with Crippen LogP contribution >= 0.6 is 0 Å². The highest BCUT2D eigenvalue weighted by Gasteiger charge is 2.36. The van der Waals surface area contributed by atoms with Crippen molar-refractivity contribution < 1.29 is 12.9 Å². The molecule has 0 aromatic carbocycles. The predicted octanol–water partition coefficient (Wildman–Crippen LogP) is 1.30. The van der Waals surface area contributed by atoms with Gasteiger partial charge in [0.1, 0.15) is 9.84 Å². The number of sulfone groups is 1. The van der Waals surface area contributed by atoms with Crippen LogP contribution in [0.1, 0.15) is 43.1 Å². The molecule has 0 unspecified atom stereocenters. The Kier molecular flexibility index (Phi) is 4.05. The lowest BCUT2D eigenvalue weighted by Gasteiger charge is -2.14. The number of rotatable bonds is 7. The molecule has 1 fully saturated rings. The zero-order chi connectivity index (χ0) is 15.7. The number of nitrogens with zero attached hydrogens (tertiary/aromatic N) is 3. The highest BCUT2D eigenvalue weighted by atomic mass is 32.2. The first-order chi connectivity index (χ1) is 10.4. The monoisotopic (exact) mass is 324 g/mol. The summed E-state index contributed by atoms with van der Waals surface area (Å²) in [6.45, 7) is 0. The topological polar surface area (TPSA) is 104 Å². The van der Waals surface area contributed by atoms with Crippen LogP contribution in [-0.4, -0.2) is 35.1 Å². The van der Waals surface area contributed by atoms with E-state index in [4.69, 9.17) is 10.3 Å². The highest BCUT2D eigenvalue weighted by molar-refractivity contribution is 7.90. The molecule has 0 radical (unpaired) electrons. The van der Waals surface area contributed by atoms with Gasteiger partial charge in [0, 0.05) is 18.6 Å². The average molecular weight is 324 g/mol. The third-order valence-corrected chi connectivity index (χ3v) is 4.83. The van der Waals surface area contributed by atoms with E-state index in [0.717, 1.165) is 12.8 Å². The maximum Gasteiger partial charge on any atom is 0.243 e. The van der Waals surface area contributed by atoms with Gasteiger partial charge in [0.25, 0.3) is 0 Å². The van der Waals surface area contributed by atoms with E-state index < -0.39 is 15.9 Å². The molecule has 120 valence electrons. The molecule has 1 aliphatic rings. The maximum absolute atomic E-state index is 11.2. The first kappa shape index (κ1) is 15.2. The standard InChI is InChI=1S/C14H20N4O3S/c1-22(19,20)9-6-11(15)14-16-13(17-21-14)12(10-4-5-10)18-7-2-3-8-18/h2-3,7-8,10-12H,4-6,9,15H2,1H3/t11-,12-/m1/s1. The Bertz CT molecular complexity index is 719. The highest BCUT2D eigenvalue weighted by Crippen LogP contribution is 2.42. The van der Waals surface area contributed by atoms with E-state index in [1.54, 1.807) is 0 Å². The van der Waals surface area contributed by atoms with Crippen LogP contribution in [0.4, 0.5) is 0 Å². The van der Waals surface area contributed by atoms with Crippen LogP contribution in [0, 0.1) is 5.92 Å². The Labute approximate surface area is 129 Å². The summed E-state index contributed by atoms with van der Waals surface area (Å²) in [5.41, 5.74) is 5.96. The molecule has 2 atom stereocenters. The van der Waals surface area contributed by atoms with Crippen LogP contribution < -0.4 is 5.73 Å². The van der Waals surface area contributed by atoms with E-state index >= 15 is 0 Å². The second-order valence-corrected chi connectivity index (χ2v) is 8.19. The van der Waals surface area contributed by atoms with Crippen LogP contribution in [0.3, 0.4) is 0 Å². The molecule has 3 rings (SSSR count). The van der Waals surface area contributed by atoms with Crippen molar-refractivity contribution >= 4 is 9.84 Å². The Hall–Kier alpha value is -1.67. The summed E-state index contributed by atoms with van der Waals surface area (Å²) in [6.07, 6.45) is 7.73. The average Bonchev–Trinajstić information content (AvgIpc) is 2.94. The van der Waals surface area contributed by atoms with Gasteiger partial charge < -0.3 is 14.8 Å². The summed E-state index contributed by atoms with van der Waals surface area (Å²) in [6, 6.07) is 3.44. The van der Waals surface area contributed by atoms with E-state index in [0.29, 0.717) is 17.6 Å². The van der Waals surface area contributed by atoms with Crippen LogP contribution in [0.5, 0.6) is 0 Å². The summed E-state index contributed by atoms with van der Waals surface area (Å²) in [5.74, 6) is 1.44. The zero-order valence-corrected chi connectivity index (χ0v) is 13.2. The maximum atomic E-state index is 11.2. The first-order valence-corrected chi connectivity index (χ1v) is 9.39. The fraction of sp³-hybridized carbons (Fsp3) is 0.571. The van der Waals surface area contributed by atoms with Crippen molar-refractivity contribution in [3.05, 3.63) is 36.2 Å². The summed E-state index contributed by atoms with van der Waals surface area (Å²) in [7, 11) is -3.05. The molecule has 0 amide bonds. The summed E-state index contributed by atoms with van der Waals surface area (Å²) in [5, 5.41) is 4.06. The van der Waals surface area contributed by atoms with Gasteiger partial charge >= 0.3 is 0 Å². The van der Waals surface area contributed by atoms with Crippen molar-refractivity contribution in [3.63, 3.8) is 0 Å². The van der Waals surface area contributed by atoms with E-state index in [9.17, 15) is 8.42 Å². The van der Waals surface area contributed by atoms with Crippen molar-refractivity contribution in [2.24, 2.45) is 11.7 Å². The van der Waals surface area contributed by atoms with Crippen LogP contribution in [0.2, 0.25) is 0 Å². The SMILES string of the molecule is CS(=O)(=O)CC[C@@H](N)c1nc([C@@H](C2CC2)n2cccc2)no1. The molecule has 2 aromatic heterocycles. The van der Waals surface area contributed by atoms with Gasteiger partial charge in [-0.3, -0.25) is 0 Å². The Morgan fingerprint density at radius 1 is 1.41 bits per heavy atom. The van der Waals surface area contributed by atoms with Crippen molar-refractivity contribution in [3.8, 4) is 0 Å². The fourth-order valence-electron chi connectivity index (χ4n) is 2.52. The van der Waals surface area contributed by atoms with Gasteiger partial charge in [-0.05, 0) is 37.3 Å². The summed E-state index contributed by atoms with van der Waals surface area (Å²) >= 11 is 0. The molecule has 22 heavy (non-hydrogen) atoms.